The molecule has 1 unspecified atom stereocenters. The van der Waals surface area contributed by atoms with Gasteiger partial charge in [-0.1, -0.05) is 149 Å². The van der Waals surface area contributed by atoms with E-state index in [0.717, 1.165) is 57.8 Å². The van der Waals surface area contributed by atoms with Gasteiger partial charge in [0.1, 0.15) is 12.6 Å². The standard InChI is InChI=1S/C48H76NO10P/c1-3-5-7-9-11-13-15-17-19-21-22-24-25-27-29-31-33-35-37-39-46(50)56-41-44(42-57-60(54,55)58-43-45(49)48(52)53)59-47(51)40-38-36-34-32-30-28-26-23-20-18-16-14-12-10-8-6-4-2/h11-14,17-20,22,24,26-29,32-35,44-45H,3-10,15-16,21,23,25,30-31,36-43,49H2,1-2H3,(H,52,53)(H,54,55)/b13-11+,14-12+,19-17+,20-18+,24-22+,28-26+,29-27+,34-32+,35-33+/t44-,45+/m1/s1. The van der Waals surface area contributed by atoms with E-state index >= 15 is 0 Å². The molecule has 0 aliphatic carbocycles. The first-order valence-corrected chi connectivity index (χ1v) is 23.4. The Bertz CT molecular complexity index is 1430. The lowest BCUT2D eigenvalue weighted by atomic mass is 10.2. The summed E-state index contributed by atoms with van der Waals surface area (Å²) < 4.78 is 32.5. The van der Waals surface area contributed by atoms with Crippen molar-refractivity contribution in [2.75, 3.05) is 19.8 Å². The molecule has 60 heavy (non-hydrogen) atoms. The Labute approximate surface area is 361 Å². The Morgan fingerprint density at radius 3 is 1.32 bits per heavy atom. The highest BCUT2D eigenvalue weighted by atomic mass is 31.2. The van der Waals surface area contributed by atoms with Gasteiger partial charge in [0.2, 0.25) is 0 Å². The van der Waals surface area contributed by atoms with Crippen LogP contribution in [0, 0.1) is 0 Å². The number of carboxylic acid groups (broad SMARTS) is 1. The minimum absolute atomic E-state index is 0.0630. The van der Waals surface area contributed by atoms with Gasteiger partial charge in [0.15, 0.2) is 6.10 Å². The number of rotatable bonds is 39. The largest absolute Gasteiger partial charge is 0.480 e. The van der Waals surface area contributed by atoms with E-state index in [0.29, 0.717) is 19.3 Å². The van der Waals surface area contributed by atoms with Crippen LogP contribution in [0.15, 0.2) is 109 Å². The van der Waals surface area contributed by atoms with Gasteiger partial charge in [-0.25, -0.2) is 4.57 Å². The minimum atomic E-state index is -4.76. The monoisotopic (exact) mass is 858 g/mol. The van der Waals surface area contributed by atoms with Crippen LogP contribution in [0.5, 0.6) is 0 Å². The number of phosphoric ester groups is 1. The maximum absolute atomic E-state index is 12.6. The highest BCUT2D eigenvalue weighted by Crippen LogP contribution is 2.43. The Morgan fingerprint density at radius 1 is 0.517 bits per heavy atom. The number of hydrogen-bond donors (Lipinski definition) is 3. The minimum Gasteiger partial charge on any atom is -0.480 e. The van der Waals surface area contributed by atoms with Crippen molar-refractivity contribution in [1.29, 1.82) is 0 Å². The number of carbonyl (C=O) groups excluding carboxylic acids is 2. The second kappa shape index (κ2) is 41.9. The summed E-state index contributed by atoms with van der Waals surface area (Å²) in [7, 11) is -4.76. The van der Waals surface area contributed by atoms with Crippen molar-refractivity contribution in [1.82, 2.24) is 0 Å². The van der Waals surface area contributed by atoms with Crippen LogP contribution in [0.4, 0.5) is 0 Å². The van der Waals surface area contributed by atoms with Crippen molar-refractivity contribution in [3.63, 3.8) is 0 Å². The van der Waals surface area contributed by atoms with Gasteiger partial charge in [-0.3, -0.25) is 23.4 Å². The number of allylic oxidation sites excluding steroid dienone is 18. The summed E-state index contributed by atoms with van der Waals surface area (Å²) in [6, 6.07) is -1.55. The summed E-state index contributed by atoms with van der Waals surface area (Å²) in [5, 5.41) is 8.89. The fraction of sp³-hybridized carbons (Fsp3) is 0.562. The molecule has 0 heterocycles. The molecule has 3 atom stereocenters. The number of unbranched alkanes of at least 4 members (excludes halogenated alkanes) is 7. The third kappa shape index (κ3) is 40.9. The molecule has 0 aromatic rings. The number of esters is 2. The molecule has 11 nitrogen and oxygen atoms in total. The van der Waals surface area contributed by atoms with Gasteiger partial charge >= 0.3 is 25.7 Å². The lowest BCUT2D eigenvalue weighted by Gasteiger charge is -2.20. The van der Waals surface area contributed by atoms with Crippen LogP contribution < -0.4 is 5.73 Å². The molecule has 0 aromatic carbocycles. The Hall–Kier alpha value is -3.86. The summed E-state index contributed by atoms with van der Waals surface area (Å²) >= 11 is 0. The van der Waals surface area contributed by atoms with Crippen molar-refractivity contribution in [3.8, 4) is 0 Å². The van der Waals surface area contributed by atoms with E-state index in [-0.39, 0.29) is 12.8 Å². The zero-order valence-electron chi connectivity index (χ0n) is 36.5. The first-order chi connectivity index (χ1) is 29.1. The average molecular weight is 858 g/mol. The van der Waals surface area contributed by atoms with Gasteiger partial charge in [-0.05, 0) is 89.9 Å². The van der Waals surface area contributed by atoms with E-state index in [2.05, 4.69) is 103 Å². The van der Waals surface area contributed by atoms with Crippen LogP contribution in [-0.4, -0.2) is 59.9 Å². The number of carbonyl (C=O) groups is 3. The smallest absolute Gasteiger partial charge is 0.472 e. The molecule has 0 radical (unpaired) electrons. The van der Waals surface area contributed by atoms with E-state index in [1.54, 1.807) is 0 Å². The molecular formula is C48H76NO10P. The number of aliphatic carboxylic acids is 1. The highest BCUT2D eigenvalue weighted by Gasteiger charge is 2.28. The Morgan fingerprint density at radius 2 is 0.900 bits per heavy atom. The number of hydrogen-bond acceptors (Lipinski definition) is 9. The Kier molecular flexibility index (Phi) is 39.2. The van der Waals surface area contributed by atoms with Crippen molar-refractivity contribution < 1.29 is 47.5 Å². The predicted molar refractivity (Wildman–Crippen MR) is 244 cm³/mol. The summed E-state index contributed by atoms with van der Waals surface area (Å²) in [5.41, 5.74) is 5.32. The van der Waals surface area contributed by atoms with E-state index in [4.69, 9.17) is 24.8 Å². The van der Waals surface area contributed by atoms with Crippen LogP contribution in [0.1, 0.15) is 142 Å². The van der Waals surface area contributed by atoms with Gasteiger partial charge in [-0.15, -0.1) is 0 Å². The lowest BCUT2D eigenvalue weighted by Crippen LogP contribution is -2.34. The van der Waals surface area contributed by atoms with Crippen LogP contribution >= 0.6 is 7.82 Å². The topological polar surface area (TPSA) is 172 Å². The molecule has 0 fully saturated rings. The summed E-state index contributed by atoms with van der Waals surface area (Å²) in [5.74, 6) is -2.57. The maximum Gasteiger partial charge on any atom is 0.472 e. The van der Waals surface area contributed by atoms with Gasteiger partial charge in [-0.2, -0.15) is 0 Å². The molecule has 0 rings (SSSR count). The lowest BCUT2D eigenvalue weighted by molar-refractivity contribution is -0.161. The van der Waals surface area contributed by atoms with Crippen molar-refractivity contribution in [2.45, 2.75) is 154 Å². The molecule has 0 aliphatic heterocycles. The van der Waals surface area contributed by atoms with Crippen LogP contribution in [0.3, 0.4) is 0 Å². The van der Waals surface area contributed by atoms with Crippen LogP contribution in [0.2, 0.25) is 0 Å². The maximum atomic E-state index is 12.6. The highest BCUT2D eigenvalue weighted by molar-refractivity contribution is 7.47. The van der Waals surface area contributed by atoms with Crippen molar-refractivity contribution >= 4 is 25.7 Å². The molecule has 0 spiro atoms. The predicted octanol–water partition coefficient (Wildman–Crippen LogP) is 11.8. The quantitative estimate of drug-likeness (QED) is 0.0232. The molecule has 0 aromatic heterocycles. The van der Waals surface area contributed by atoms with Gasteiger partial charge < -0.3 is 25.2 Å². The number of phosphoric acid groups is 1. The number of carboxylic acids is 1. The molecule has 0 saturated carbocycles. The Balaban J connectivity index is 4.60. The zero-order chi connectivity index (χ0) is 44.2. The van der Waals surface area contributed by atoms with E-state index in [1.165, 1.54) is 38.5 Å². The molecule has 12 heteroatoms. The summed E-state index contributed by atoms with van der Waals surface area (Å²) in [4.78, 5) is 45.9. The van der Waals surface area contributed by atoms with Crippen molar-refractivity contribution in [3.05, 3.63) is 109 Å². The molecule has 338 valence electrons. The summed E-state index contributed by atoms with van der Waals surface area (Å²) in [6.45, 7) is 2.59. The normalized spacial score (nSPS) is 14.7. The number of ether oxygens (including phenoxy) is 2. The molecule has 0 bridgehead atoms. The molecule has 0 saturated heterocycles. The average Bonchev–Trinajstić information content (AvgIpc) is 3.22. The van der Waals surface area contributed by atoms with Crippen LogP contribution in [0.25, 0.3) is 0 Å². The third-order valence-corrected chi connectivity index (χ3v) is 9.46. The molecule has 0 aliphatic rings. The van der Waals surface area contributed by atoms with E-state index in [1.807, 2.05) is 24.3 Å². The zero-order valence-corrected chi connectivity index (χ0v) is 37.4. The fourth-order valence-electron chi connectivity index (χ4n) is 5.04. The van der Waals surface area contributed by atoms with Gasteiger partial charge in [0.25, 0.3) is 0 Å². The van der Waals surface area contributed by atoms with Crippen molar-refractivity contribution in [2.24, 2.45) is 5.73 Å². The first-order valence-electron chi connectivity index (χ1n) is 21.9. The third-order valence-electron chi connectivity index (χ3n) is 8.51. The fourth-order valence-corrected chi connectivity index (χ4v) is 5.82. The SMILES string of the molecule is CCCCC/C=C/C/C=C/C/C=C/C/C=C/C/C=C/CCC(=O)OC[C@H](COP(=O)(O)OC[C@H](N)C(=O)O)OC(=O)CCC/C=C/C/C=C/C/C=C/C/C=C/CCCCC. The van der Waals surface area contributed by atoms with Gasteiger partial charge in [0.05, 0.1) is 13.2 Å². The summed E-state index contributed by atoms with van der Waals surface area (Å²) in [6.07, 6.45) is 54.6. The van der Waals surface area contributed by atoms with Crippen LogP contribution in [-0.2, 0) is 37.5 Å². The second-order valence-corrected chi connectivity index (χ2v) is 15.6. The first kappa shape index (κ1) is 56.1. The molecule has 0 amide bonds. The van der Waals surface area contributed by atoms with Gasteiger partial charge in [0, 0.05) is 12.8 Å². The molecular weight excluding hydrogens is 781 g/mol. The number of nitrogens with two attached hydrogens (primary N) is 1. The molecule has 4 N–H and O–H groups in total. The second-order valence-electron chi connectivity index (χ2n) is 14.1. The van der Waals surface area contributed by atoms with E-state index in [9.17, 15) is 23.8 Å². The van der Waals surface area contributed by atoms with E-state index < -0.39 is 57.7 Å².